The predicted octanol–water partition coefficient (Wildman–Crippen LogP) is 5.61. The van der Waals surface area contributed by atoms with Crippen LogP contribution in [0.5, 0.6) is 11.5 Å². The molecule has 0 aliphatic carbocycles. The first-order chi connectivity index (χ1) is 30.9. The van der Waals surface area contributed by atoms with E-state index in [4.69, 9.17) is 9.47 Å². The van der Waals surface area contributed by atoms with E-state index in [2.05, 4.69) is 49.6 Å². The lowest BCUT2D eigenvalue weighted by Crippen LogP contribution is -2.49. The Labute approximate surface area is 377 Å². The van der Waals surface area contributed by atoms with Crippen molar-refractivity contribution in [2.75, 3.05) is 83.4 Å². The number of anilines is 1. The molecule has 0 aromatic heterocycles. The third kappa shape index (κ3) is 10.5. The molecule has 64 heavy (non-hydrogen) atoms. The molecule has 4 amide bonds. The Bertz CT molecular complexity index is 2280. The Hall–Kier alpha value is -4.83. The number of ether oxygens (including phenoxy) is 2. The van der Waals surface area contributed by atoms with Crippen LogP contribution < -0.4 is 20.1 Å². The van der Waals surface area contributed by atoms with Gasteiger partial charge in [0.05, 0.1) is 42.6 Å². The van der Waals surface area contributed by atoms with Crippen LogP contribution in [0.3, 0.4) is 0 Å². The zero-order valence-electron chi connectivity index (χ0n) is 37.6. The molecule has 3 aromatic rings. The molecular formula is C49H64N6O8S. The van der Waals surface area contributed by atoms with E-state index >= 15 is 0 Å². The molecule has 3 aromatic carbocycles. The third-order valence-electron chi connectivity index (χ3n) is 14.1. The maximum absolute atomic E-state index is 14.2. The largest absolute Gasteiger partial charge is 0.493 e. The van der Waals surface area contributed by atoms with Gasteiger partial charge in [0.15, 0.2) is 11.5 Å². The van der Waals surface area contributed by atoms with Gasteiger partial charge in [-0.15, -0.1) is 0 Å². The van der Waals surface area contributed by atoms with E-state index in [1.165, 1.54) is 31.9 Å². The summed E-state index contributed by atoms with van der Waals surface area (Å²) in [6.45, 7) is 10.8. The number of carbonyl (C=O) groups excluding carboxylic acids is 4. The van der Waals surface area contributed by atoms with Crippen molar-refractivity contribution in [2.45, 2.75) is 94.7 Å². The van der Waals surface area contributed by atoms with Gasteiger partial charge >= 0.3 is 0 Å². The van der Waals surface area contributed by atoms with Gasteiger partial charge in [-0.25, -0.2) is 8.42 Å². The van der Waals surface area contributed by atoms with Crippen LogP contribution >= 0.6 is 0 Å². The van der Waals surface area contributed by atoms with Crippen molar-refractivity contribution in [2.24, 2.45) is 0 Å². The quantitative estimate of drug-likeness (QED) is 0.172. The topological polar surface area (TPSA) is 158 Å². The van der Waals surface area contributed by atoms with Gasteiger partial charge in [0.1, 0.15) is 9.84 Å². The number of fused-ring (bicyclic) bond motifs is 1. The minimum absolute atomic E-state index is 0.137. The number of imide groups is 2. The second-order valence-electron chi connectivity index (χ2n) is 18.3. The number of methoxy groups -OCH3 is 1. The summed E-state index contributed by atoms with van der Waals surface area (Å²) in [6, 6.07) is 18.5. The van der Waals surface area contributed by atoms with Crippen LogP contribution in [-0.4, -0.2) is 142 Å². The summed E-state index contributed by atoms with van der Waals surface area (Å²) in [6.07, 6.45) is 9.74. The maximum atomic E-state index is 14.2. The van der Waals surface area contributed by atoms with E-state index in [1.807, 2.05) is 13.0 Å². The number of nitrogens with one attached hydrogen (secondary N) is 2. The smallest absolute Gasteiger partial charge is 0.264 e. The number of rotatable bonds is 16. The van der Waals surface area contributed by atoms with Gasteiger partial charge in [-0.3, -0.25) is 29.4 Å². The lowest BCUT2D eigenvalue weighted by molar-refractivity contribution is -0.134. The highest BCUT2D eigenvalue weighted by molar-refractivity contribution is 7.90. The SMILES string of the molecule is CCOc1cc([C@@H](CS(C)(=O)=O)N2C(=O)c3cccc(NC4CCN(C5CCN(CCCN6CCC(c7ccc(C8CCC(=O)NC8=O)cc7)CC6)CC5)CC4)c3C2=O)ccc1OC. The second kappa shape index (κ2) is 20.1. The molecule has 2 N–H and O–H groups in total. The van der Waals surface area contributed by atoms with Crippen molar-refractivity contribution in [3.05, 3.63) is 88.5 Å². The van der Waals surface area contributed by atoms with E-state index < -0.39 is 33.4 Å². The van der Waals surface area contributed by atoms with Crippen LogP contribution in [0.1, 0.15) is 120 Å². The first kappa shape index (κ1) is 45.7. The molecule has 5 heterocycles. The lowest BCUT2D eigenvalue weighted by atomic mass is 9.86. The Morgan fingerprint density at radius 3 is 2.09 bits per heavy atom. The summed E-state index contributed by atoms with van der Waals surface area (Å²) < 4.78 is 36.6. The Morgan fingerprint density at radius 1 is 0.781 bits per heavy atom. The number of nitrogens with zero attached hydrogens (tertiary/aromatic N) is 4. The molecule has 8 rings (SSSR count). The van der Waals surface area contributed by atoms with E-state index in [9.17, 15) is 27.6 Å². The molecular weight excluding hydrogens is 833 g/mol. The Morgan fingerprint density at radius 2 is 1.45 bits per heavy atom. The summed E-state index contributed by atoms with van der Waals surface area (Å²) in [5, 5.41) is 6.09. The number of amides is 4. The molecule has 1 unspecified atom stereocenters. The van der Waals surface area contributed by atoms with Gasteiger partial charge in [0.2, 0.25) is 11.8 Å². The molecule has 4 saturated heterocycles. The number of hydrogen-bond donors (Lipinski definition) is 2. The van der Waals surface area contributed by atoms with Gasteiger partial charge in [0, 0.05) is 43.5 Å². The number of likely N-dealkylation sites (tertiary alicyclic amines) is 3. The molecule has 344 valence electrons. The molecule has 0 saturated carbocycles. The minimum Gasteiger partial charge on any atom is -0.493 e. The maximum Gasteiger partial charge on any atom is 0.264 e. The molecule has 4 fully saturated rings. The van der Waals surface area contributed by atoms with E-state index in [1.54, 1.807) is 30.3 Å². The summed E-state index contributed by atoms with van der Waals surface area (Å²) in [4.78, 5) is 61.1. The van der Waals surface area contributed by atoms with Gasteiger partial charge in [-0.2, -0.15) is 0 Å². The second-order valence-corrected chi connectivity index (χ2v) is 20.5. The summed E-state index contributed by atoms with van der Waals surface area (Å²) in [5.74, 6) is -0.608. The Kier molecular flexibility index (Phi) is 14.4. The number of benzene rings is 3. The predicted molar refractivity (Wildman–Crippen MR) is 246 cm³/mol. The van der Waals surface area contributed by atoms with Gasteiger partial charge in [-0.1, -0.05) is 36.4 Å². The van der Waals surface area contributed by atoms with Crippen molar-refractivity contribution in [1.29, 1.82) is 0 Å². The monoisotopic (exact) mass is 896 g/mol. The third-order valence-corrected chi connectivity index (χ3v) is 15.1. The van der Waals surface area contributed by atoms with E-state index in [-0.39, 0.29) is 29.3 Å². The van der Waals surface area contributed by atoms with Crippen molar-refractivity contribution >= 4 is 39.2 Å². The van der Waals surface area contributed by atoms with Crippen LogP contribution in [0.15, 0.2) is 60.7 Å². The van der Waals surface area contributed by atoms with Crippen LogP contribution in [-0.2, 0) is 19.4 Å². The Balaban J connectivity index is 0.773. The zero-order valence-corrected chi connectivity index (χ0v) is 38.4. The van der Waals surface area contributed by atoms with Crippen LogP contribution in [0.2, 0.25) is 0 Å². The molecule has 14 nitrogen and oxygen atoms in total. The average Bonchev–Trinajstić information content (AvgIpc) is 3.55. The fourth-order valence-corrected chi connectivity index (χ4v) is 11.6. The molecule has 2 atom stereocenters. The van der Waals surface area contributed by atoms with Gasteiger partial charge < -0.3 is 29.5 Å². The molecule has 0 bridgehead atoms. The first-order valence-corrected chi connectivity index (χ1v) is 25.3. The summed E-state index contributed by atoms with van der Waals surface area (Å²) in [7, 11) is -2.09. The molecule has 0 radical (unpaired) electrons. The van der Waals surface area contributed by atoms with Gasteiger partial charge in [-0.05, 0) is 144 Å². The lowest BCUT2D eigenvalue weighted by Gasteiger charge is -2.42. The van der Waals surface area contributed by atoms with Crippen LogP contribution in [0.25, 0.3) is 0 Å². The van der Waals surface area contributed by atoms with Crippen molar-refractivity contribution in [3.63, 3.8) is 0 Å². The normalized spacial score (nSPS) is 21.8. The number of piperidine rings is 4. The highest BCUT2D eigenvalue weighted by Crippen LogP contribution is 2.39. The molecule has 5 aliphatic rings. The fraction of sp³-hybridized carbons (Fsp3) is 0.551. The highest BCUT2D eigenvalue weighted by Gasteiger charge is 2.44. The first-order valence-electron chi connectivity index (χ1n) is 23.3. The number of carbonyl (C=O) groups is 4. The van der Waals surface area contributed by atoms with Crippen molar-refractivity contribution in [3.8, 4) is 11.5 Å². The average molecular weight is 897 g/mol. The van der Waals surface area contributed by atoms with E-state index in [0.717, 1.165) is 94.8 Å². The standard InChI is InChI=1S/C49H64N6O8S/c1-4-63-44-31-36(13-15-43(44)62-2)42(32-64(3,60)61)55-48(58)40-7-5-8-41(46(40)49(55)59)50-37-19-29-54(30-20-37)38-21-27-53(28-22-38)24-6-23-52-25-17-34(18-26-52)33-9-11-35(12-10-33)39-14-16-45(56)51-47(39)57/h5,7-13,15,31,34,37-39,42,50H,4,6,14,16-30,32H2,1-3H3,(H,51,56,57)/t39?,42-/m1/s1. The highest BCUT2D eigenvalue weighted by atomic mass is 32.2. The molecule has 15 heteroatoms. The van der Waals surface area contributed by atoms with Crippen LogP contribution in [0, 0.1) is 0 Å². The number of hydrogen-bond acceptors (Lipinski definition) is 12. The fourth-order valence-electron chi connectivity index (χ4n) is 10.6. The van der Waals surface area contributed by atoms with Gasteiger partial charge in [0.25, 0.3) is 11.8 Å². The number of sulfone groups is 1. The van der Waals surface area contributed by atoms with E-state index in [0.29, 0.717) is 59.7 Å². The minimum atomic E-state index is -3.61. The van der Waals surface area contributed by atoms with Crippen molar-refractivity contribution in [1.82, 2.24) is 24.9 Å². The molecule has 0 spiro atoms. The zero-order chi connectivity index (χ0) is 45.0. The summed E-state index contributed by atoms with van der Waals surface area (Å²) in [5.41, 5.74) is 3.99. The summed E-state index contributed by atoms with van der Waals surface area (Å²) >= 11 is 0. The van der Waals surface area contributed by atoms with Crippen molar-refractivity contribution < 1.29 is 37.1 Å². The molecule has 5 aliphatic heterocycles. The van der Waals surface area contributed by atoms with Crippen LogP contribution in [0.4, 0.5) is 5.69 Å².